The predicted octanol–water partition coefficient (Wildman–Crippen LogP) is 0.648. The van der Waals surface area contributed by atoms with E-state index in [2.05, 4.69) is 15.3 Å². The molecule has 0 fully saturated rings. The number of hydrogen-bond donors (Lipinski definition) is 3. The van der Waals surface area contributed by atoms with E-state index in [0.29, 0.717) is 18.9 Å². The Hall–Kier alpha value is -1.69. The zero-order valence-corrected chi connectivity index (χ0v) is 10.1. The Balaban J connectivity index is 2.51. The third-order valence-corrected chi connectivity index (χ3v) is 2.28. The summed E-state index contributed by atoms with van der Waals surface area (Å²) in [6, 6.07) is -0.549. The van der Waals surface area contributed by atoms with E-state index in [1.54, 1.807) is 12.4 Å². The van der Waals surface area contributed by atoms with Gasteiger partial charge in [-0.3, -0.25) is 4.79 Å². The van der Waals surface area contributed by atoms with Crippen LogP contribution < -0.4 is 11.1 Å². The van der Waals surface area contributed by atoms with Gasteiger partial charge in [0.1, 0.15) is 6.04 Å². The lowest BCUT2D eigenvalue weighted by atomic mass is 10.0. The summed E-state index contributed by atoms with van der Waals surface area (Å²) in [7, 11) is 0. The summed E-state index contributed by atoms with van der Waals surface area (Å²) in [6.45, 7) is 4.40. The number of carbonyl (C=O) groups is 1. The van der Waals surface area contributed by atoms with Crippen LogP contribution in [0.25, 0.3) is 0 Å². The zero-order chi connectivity index (χ0) is 12.8. The molecule has 0 amide bonds. The van der Waals surface area contributed by atoms with E-state index >= 15 is 0 Å². The highest BCUT2D eigenvalue weighted by Gasteiger charge is 2.17. The Kier molecular flexibility index (Phi) is 4.84. The molecule has 0 bridgehead atoms. The lowest BCUT2D eigenvalue weighted by Gasteiger charge is -2.16. The summed E-state index contributed by atoms with van der Waals surface area (Å²) >= 11 is 0. The van der Waals surface area contributed by atoms with Crippen molar-refractivity contribution in [3.63, 3.8) is 0 Å². The summed E-state index contributed by atoms with van der Waals surface area (Å²) in [5.74, 6) is -0.299. The largest absolute Gasteiger partial charge is 0.480 e. The quantitative estimate of drug-likeness (QED) is 0.672. The molecular weight excluding hydrogens is 220 g/mol. The van der Waals surface area contributed by atoms with Crippen LogP contribution >= 0.6 is 0 Å². The third-order valence-electron chi connectivity index (χ3n) is 2.28. The van der Waals surface area contributed by atoms with Crippen LogP contribution in [0.3, 0.4) is 0 Å². The van der Waals surface area contributed by atoms with Gasteiger partial charge in [-0.1, -0.05) is 13.8 Å². The average Bonchev–Trinajstić information content (AvgIpc) is 2.25. The Labute approximate surface area is 100 Å². The van der Waals surface area contributed by atoms with Crippen molar-refractivity contribution in [1.29, 1.82) is 0 Å². The number of nitrogen functional groups attached to an aromatic ring is 1. The van der Waals surface area contributed by atoms with E-state index in [4.69, 9.17) is 10.8 Å². The van der Waals surface area contributed by atoms with Gasteiger partial charge in [0, 0.05) is 24.5 Å². The smallest absolute Gasteiger partial charge is 0.320 e. The minimum atomic E-state index is -0.838. The molecule has 0 radical (unpaired) electrons. The van der Waals surface area contributed by atoms with Gasteiger partial charge in [-0.15, -0.1) is 0 Å². The molecule has 1 rings (SSSR count). The Morgan fingerprint density at radius 2 is 2.06 bits per heavy atom. The van der Waals surface area contributed by atoms with Crippen LogP contribution in [0.4, 0.5) is 5.95 Å². The number of nitrogens with one attached hydrogen (secondary N) is 1. The molecule has 0 aliphatic carbocycles. The van der Waals surface area contributed by atoms with Crippen molar-refractivity contribution in [3.8, 4) is 0 Å². The van der Waals surface area contributed by atoms with Gasteiger partial charge in [-0.25, -0.2) is 9.97 Å². The van der Waals surface area contributed by atoms with E-state index in [1.807, 2.05) is 13.8 Å². The maximum Gasteiger partial charge on any atom is 0.320 e. The van der Waals surface area contributed by atoms with Gasteiger partial charge in [-0.05, 0) is 12.3 Å². The van der Waals surface area contributed by atoms with Crippen molar-refractivity contribution in [2.45, 2.75) is 32.9 Å². The van der Waals surface area contributed by atoms with Crippen LogP contribution in [0.15, 0.2) is 12.4 Å². The summed E-state index contributed by atoms with van der Waals surface area (Å²) in [6.07, 6.45) is 3.76. The van der Waals surface area contributed by atoms with Gasteiger partial charge in [0.05, 0.1) is 0 Å². The molecule has 0 aliphatic heterocycles. The van der Waals surface area contributed by atoms with Crippen LogP contribution in [-0.4, -0.2) is 27.1 Å². The molecule has 1 aromatic heterocycles. The Morgan fingerprint density at radius 1 is 1.47 bits per heavy atom. The normalized spacial score (nSPS) is 12.6. The highest BCUT2D eigenvalue weighted by atomic mass is 16.4. The summed E-state index contributed by atoms with van der Waals surface area (Å²) in [4.78, 5) is 18.7. The van der Waals surface area contributed by atoms with E-state index in [9.17, 15) is 4.79 Å². The van der Waals surface area contributed by atoms with Crippen molar-refractivity contribution in [3.05, 3.63) is 18.0 Å². The first-order valence-electron chi connectivity index (χ1n) is 5.51. The van der Waals surface area contributed by atoms with E-state index in [1.165, 1.54) is 0 Å². The number of rotatable bonds is 6. The second kappa shape index (κ2) is 6.15. The SMILES string of the molecule is CC(C)CC(NCc1cnc(N)nc1)C(=O)O. The van der Waals surface area contributed by atoms with Crippen LogP contribution in [-0.2, 0) is 11.3 Å². The van der Waals surface area contributed by atoms with Gasteiger partial charge in [0.15, 0.2) is 0 Å². The van der Waals surface area contributed by atoms with Crippen LogP contribution in [0.2, 0.25) is 0 Å². The third kappa shape index (κ3) is 4.78. The lowest BCUT2D eigenvalue weighted by Crippen LogP contribution is -2.37. The van der Waals surface area contributed by atoms with Gasteiger partial charge in [-0.2, -0.15) is 0 Å². The van der Waals surface area contributed by atoms with E-state index in [0.717, 1.165) is 5.56 Å². The molecule has 6 heteroatoms. The molecule has 4 N–H and O–H groups in total. The number of carboxylic acid groups (broad SMARTS) is 1. The van der Waals surface area contributed by atoms with E-state index in [-0.39, 0.29) is 5.95 Å². The summed E-state index contributed by atoms with van der Waals surface area (Å²) in [5.41, 5.74) is 6.17. The maximum atomic E-state index is 11.0. The number of anilines is 1. The maximum absolute atomic E-state index is 11.0. The van der Waals surface area contributed by atoms with E-state index < -0.39 is 12.0 Å². The molecule has 1 unspecified atom stereocenters. The molecule has 6 nitrogen and oxygen atoms in total. The first-order chi connectivity index (χ1) is 7.99. The van der Waals surface area contributed by atoms with Crippen LogP contribution in [0, 0.1) is 5.92 Å². The topological polar surface area (TPSA) is 101 Å². The highest BCUT2D eigenvalue weighted by molar-refractivity contribution is 5.73. The molecule has 0 aliphatic rings. The fraction of sp³-hybridized carbons (Fsp3) is 0.545. The molecular formula is C11H18N4O2. The monoisotopic (exact) mass is 238 g/mol. The second-order valence-corrected chi connectivity index (χ2v) is 4.35. The second-order valence-electron chi connectivity index (χ2n) is 4.35. The Morgan fingerprint density at radius 3 is 2.53 bits per heavy atom. The van der Waals surface area contributed by atoms with Crippen molar-refractivity contribution in [2.75, 3.05) is 5.73 Å². The van der Waals surface area contributed by atoms with Gasteiger partial charge >= 0.3 is 5.97 Å². The predicted molar refractivity (Wildman–Crippen MR) is 64.2 cm³/mol. The van der Waals surface area contributed by atoms with Crippen molar-refractivity contribution in [1.82, 2.24) is 15.3 Å². The number of carboxylic acids is 1. The number of nitrogens with two attached hydrogens (primary N) is 1. The summed E-state index contributed by atoms with van der Waals surface area (Å²) in [5, 5.41) is 12.0. The highest BCUT2D eigenvalue weighted by Crippen LogP contribution is 2.06. The van der Waals surface area contributed by atoms with Crippen LogP contribution in [0.1, 0.15) is 25.8 Å². The first-order valence-corrected chi connectivity index (χ1v) is 5.51. The standard InChI is InChI=1S/C11H18N4O2/c1-7(2)3-9(10(16)17)13-4-8-5-14-11(12)15-6-8/h5-7,9,13H,3-4H2,1-2H3,(H,16,17)(H2,12,14,15). The summed E-state index contributed by atoms with van der Waals surface area (Å²) < 4.78 is 0. The molecule has 0 saturated carbocycles. The molecule has 1 aromatic rings. The van der Waals surface area contributed by atoms with Gasteiger partial charge in [0.2, 0.25) is 5.95 Å². The number of aromatic nitrogens is 2. The fourth-order valence-electron chi connectivity index (χ4n) is 1.44. The lowest BCUT2D eigenvalue weighted by molar-refractivity contribution is -0.140. The molecule has 94 valence electrons. The fourth-order valence-corrected chi connectivity index (χ4v) is 1.44. The molecule has 1 atom stereocenters. The number of aliphatic carboxylic acids is 1. The minimum absolute atomic E-state index is 0.214. The van der Waals surface area contributed by atoms with Gasteiger partial charge < -0.3 is 16.2 Å². The first kappa shape index (κ1) is 13.4. The minimum Gasteiger partial charge on any atom is -0.480 e. The number of hydrogen-bond acceptors (Lipinski definition) is 5. The van der Waals surface area contributed by atoms with Crippen LogP contribution in [0.5, 0.6) is 0 Å². The number of nitrogens with zero attached hydrogens (tertiary/aromatic N) is 2. The van der Waals surface area contributed by atoms with Crippen molar-refractivity contribution >= 4 is 11.9 Å². The average molecular weight is 238 g/mol. The Bertz CT molecular complexity index is 364. The van der Waals surface area contributed by atoms with Crippen molar-refractivity contribution < 1.29 is 9.90 Å². The zero-order valence-electron chi connectivity index (χ0n) is 10.1. The molecule has 0 spiro atoms. The molecule has 0 saturated heterocycles. The molecule has 0 aromatic carbocycles. The van der Waals surface area contributed by atoms with Crippen molar-refractivity contribution in [2.24, 2.45) is 5.92 Å². The molecule has 1 heterocycles. The van der Waals surface area contributed by atoms with Gasteiger partial charge in [0.25, 0.3) is 0 Å². The molecule has 17 heavy (non-hydrogen) atoms.